The first-order valence-electron chi connectivity index (χ1n) is 9.11. The van der Waals surface area contributed by atoms with Crippen molar-refractivity contribution in [3.05, 3.63) is 24.0 Å². The number of aromatic nitrogens is 2. The van der Waals surface area contributed by atoms with Crippen LogP contribution in [0.1, 0.15) is 60.4 Å². The molecule has 1 fully saturated rings. The molecule has 1 aliphatic heterocycles. The van der Waals surface area contributed by atoms with Gasteiger partial charge < -0.3 is 24.8 Å². The number of ether oxygens (including phenoxy) is 1. The molecule has 1 amide bonds. The Kier molecular flexibility index (Phi) is 4.55. The zero-order chi connectivity index (χ0) is 20.2. The van der Waals surface area contributed by atoms with E-state index in [1.165, 1.54) is 0 Å². The van der Waals surface area contributed by atoms with Gasteiger partial charge in [0, 0.05) is 5.41 Å². The van der Waals surface area contributed by atoms with E-state index in [-0.39, 0.29) is 5.41 Å². The molecule has 0 bridgehead atoms. The molecule has 7 nitrogen and oxygen atoms in total. The van der Waals surface area contributed by atoms with Gasteiger partial charge in [-0.2, -0.15) is 0 Å². The van der Waals surface area contributed by atoms with Gasteiger partial charge in [-0.05, 0) is 45.3 Å². The van der Waals surface area contributed by atoms with Gasteiger partial charge in [0.15, 0.2) is 6.10 Å². The van der Waals surface area contributed by atoms with Gasteiger partial charge in [0.05, 0.1) is 22.2 Å². The molecule has 27 heavy (non-hydrogen) atoms. The molecule has 1 unspecified atom stereocenters. The Balaban J connectivity index is 1.95. The molecule has 146 valence electrons. The van der Waals surface area contributed by atoms with Crippen LogP contribution in [-0.4, -0.2) is 34.4 Å². The summed E-state index contributed by atoms with van der Waals surface area (Å²) >= 11 is 0. The summed E-state index contributed by atoms with van der Waals surface area (Å²) in [5.74, 6) is 0.558. The van der Waals surface area contributed by atoms with E-state index in [0.29, 0.717) is 5.82 Å². The summed E-state index contributed by atoms with van der Waals surface area (Å²) in [5.41, 5.74) is 6.55. The highest BCUT2D eigenvalue weighted by atomic mass is 16.7. The number of imidazole rings is 1. The number of primary amides is 1. The molecule has 1 aliphatic rings. The van der Waals surface area contributed by atoms with Crippen LogP contribution in [0, 0.1) is 5.41 Å². The first-order chi connectivity index (χ1) is 12.3. The Morgan fingerprint density at radius 1 is 1.22 bits per heavy atom. The Morgan fingerprint density at radius 2 is 1.81 bits per heavy atom. The van der Waals surface area contributed by atoms with Crippen molar-refractivity contribution in [3.8, 4) is 0 Å². The predicted molar refractivity (Wildman–Crippen MR) is 105 cm³/mol. The predicted octanol–water partition coefficient (Wildman–Crippen LogP) is 3.04. The molecule has 2 heterocycles. The smallest absolute Gasteiger partial charge is 0.438 e. The van der Waals surface area contributed by atoms with E-state index in [4.69, 9.17) is 19.8 Å². The molecule has 0 spiro atoms. The van der Waals surface area contributed by atoms with Crippen molar-refractivity contribution in [2.75, 3.05) is 0 Å². The minimum absolute atomic E-state index is 0.364. The fourth-order valence-electron chi connectivity index (χ4n) is 3.05. The average molecular weight is 373 g/mol. The lowest BCUT2D eigenvalue weighted by molar-refractivity contribution is 0.00578. The van der Waals surface area contributed by atoms with E-state index in [2.05, 4.69) is 9.97 Å². The van der Waals surface area contributed by atoms with E-state index in [1.807, 2.05) is 66.7 Å². The summed E-state index contributed by atoms with van der Waals surface area (Å²) < 4.78 is 17.5. The monoisotopic (exact) mass is 373 g/mol. The lowest BCUT2D eigenvalue weighted by Gasteiger charge is -2.32. The highest BCUT2D eigenvalue weighted by Gasteiger charge is 2.51. The molecule has 0 aliphatic carbocycles. The molecule has 3 rings (SSSR count). The number of hydrogen-bond acceptors (Lipinski definition) is 5. The second kappa shape index (κ2) is 6.24. The minimum Gasteiger partial charge on any atom is -0.438 e. The van der Waals surface area contributed by atoms with Crippen molar-refractivity contribution in [3.63, 3.8) is 0 Å². The third-order valence-electron chi connectivity index (χ3n) is 5.32. The molecule has 2 aromatic rings. The molecular formula is C19H28BN3O4. The molecule has 0 radical (unpaired) electrons. The third-order valence-corrected chi connectivity index (χ3v) is 5.32. The molecular weight excluding hydrogens is 345 g/mol. The van der Waals surface area contributed by atoms with Crippen molar-refractivity contribution in [2.45, 2.75) is 65.8 Å². The van der Waals surface area contributed by atoms with Crippen LogP contribution in [-0.2, 0) is 14.0 Å². The van der Waals surface area contributed by atoms with Crippen LogP contribution < -0.4 is 11.2 Å². The number of nitrogens with two attached hydrogens (primary N) is 1. The quantitative estimate of drug-likeness (QED) is 0.806. The molecule has 3 N–H and O–H groups in total. The molecule has 0 saturated carbocycles. The number of benzene rings is 1. The summed E-state index contributed by atoms with van der Waals surface area (Å²) in [6.07, 6.45) is -1.41. The van der Waals surface area contributed by atoms with E-state index in [0.717, 1.165) is 16.5 Å². The lowest BCUT2D eigenvalue weighted by Crippen LogP contribution is -2.41. The summed E-state index contributed by atoms with van der Waals surface area (Å²) in [4.78, 5) is 19.2. The van der Waals surface area contributed by atoms with Gasteiger partial charge in [-0.25, -0.2) is 9.78 Å². The highest BCUT2D eigenvalue weighted by Crippen LogP contribution is 2.37. The number of fused-ring (bicyclic) bond motifs is 1. The SMILES string of the molecule is CC(C)(C)C(OC(N)=O)c1nc2cc(B3OC(C)(C)C(C)(C)O3)ccc2[nH]1. The van der Waals surface area contributed by atoms with Crippen LogP contribution in [0.25, 0.3) is 11.0 Å². The number of hydrogen-bond donors (Lipinski definition) is 2. The molecule has 8 heteroatoms. The van der Waals surface area contributed by atoms with E-state index >= 15 is 0 Å². The number of aromatic amines is 1. The van der Waals surface area contributed by atoms with Gasteiger partial charge in [0.1, 0.15) is 5.82 Å². The van der Waals surface area contributed by atoms with Gasteiger partial charge in [-0.1, -0.05) is 26.8 Å². The molecule has 1 saturated heterocycles. The van der Waals surface area contributed by atoms with Crippen LogP contribution in [0.2, 0.25) is 0 Å². The summed E-state index contributed by atoms with van der Waals surface area (Å²) in [5, 5.41) is 0. The standard InChI is InChI=1S/C19H28BN3O4/c1-17(2,3)14(25-16(21)24)15-22-12-9-8-11(10-13(12)23-15)20-26-18(4,5)19(6,7)27-20/h8-10,14H,1-7H3,(H2,21,24)(H,22,23). The van der Waals surface area contributed by atoms with E-state index in [1.54, 1.807) is 0 Å². The van der Waals surface area contributed by atoms with Crippen LogP contribution in [0.15, 0.2) is 18.2 Å². The summed E-state index contributed by atoms with van der Waals surface area (Å²) in [6.45, 7) is 14.0. The Labute approximate surface area is 160 Å². The number of rotatable bonds is 3. The number of carbonyl (C=O) groups is 1. The Bertz CT molecular complexity index is 853. The van der Waals surface area contributed by atoms with Crippen LogP contribution in [0.5, 0.6) is 0 Å². The van der Waals surface area contributed by atoms with Crippen molar-refractivity contribution in [1.29, 1.82) is 0 Å². The largest absolute Gasteiger partial charge is 0.494 e. The number of nitrogens with zero attached hydrogens (tertiary/aromatic N) is 1. The normalized spacial score (nSPS) is 20.0. The fourth-order valence-corrected chi connectivity index (χ4v) is 3.05. The lowest BCUT2D eigenvalue weighted by atomic mass is 9.79. The van der Waals surface area contributed by atoms with Gasteiger partial charge in [0.2, 0.25) is 0 Å². The zero-order valence-electron chi connectivity index (χ0n) is 17.0. The number of amides is 1. The first kappa shape index (κ1) is 19.7. The Morgan fingerprint density at radius 3 is 2.33 bits per heavy atom. The minimum atomic E-state index is -0.826. The van der Waals surface area contributed by atoms with Crippen molar-refractivity contribution in [1.82, 2.24) is 9.97 Å². The van der Waals surface area contributed by atoms with Crippen molar-refractivity contribution < 1.29 is 18.8 Å². The van der Waals surface area contributed by atoms with Crippen LogP contribution in [0.3, 0.4) is 0 Å². The topological polar surface area (TPSA) is 99.5 Å². The van der Waals surface area contributed by atoms with Crippen LogP contribution in [0.4, 0.5) is 4.79 Å². The van der Waals surface area contributed by atoms with Crippen molar-refractivity contribution in [2.24, 2.45) is 11.1 Å². The van der Waals surface area contributed by atoms with E-state index < -0.39 is 30.5 Å². The second-order valence-corrected chi connectivity index (χ2v) is 9.17. The molecule has 1 atom stereocenters. The van der Waals surface area contributed by atoms with Crippen molar-refractivity contribution >= 4 is 29.7 Å². The van der Waals surface area contributed by atoms with Crippen LogP contribution >= 0.6 is 0 Å². The molecule has 1 aromatic heterocycles. The Hall–Kier alpha value is -2.06. The maximum atomic E-state index is 11.3. The van der Waals surface area contributed by atoms with Gasteiger partial charge in [-0.15, -0.1) is 0 Å². The zero-order valence-corrected chi connectivity index (χ0v) is 17.0. The fraction of sp³-hybridized carbons (Fsp3) is 0.579. The second-order valence-electron chi connectivity index (χ2n) is 9.17. The van der Waals surface area contributed by atoms with Gasteiger partial charge in [-0.3, -0.25) is 0 Å². The van der Waals surface area contributed by atoms with E-state index in [9.17, 15) is 4.79 Å². The third kappa shape index (κ3) is 3.68. The maximum absolute atomic E-state index is 11.3. The highest BCUT2D eigenvalue weighted by molar-refractivity contribution is 6.62. The molecule has 1 aromatic carbocycles. The number of nitrogens with one attached hydrogen (secondary N) is 1. The number of H-pyrrole nitrogens is 1. The van der Waals surface area contributed by atoms with Gasteiger partial charge in [0.25, 0.3) is 0 Å². The van der Waals surface area contributed by atoms with Gasteiger partial charge >= 0.3 is 13.2 Å². The summed E-state index contributed by atoms with van der Waals surface area (Å²) in [7, 11) is -0.458. The maximum Gasteiger partial charge on any atom is 0.494 e. The summed E-state index contributed by atoms with van der Waals surface area (Å²) in [6, 6.07) is 5.81. The number of carbonyl (C=O) groups excluding carboxylic acids is 1. The average Bonchev–Trinajstić information content (AvgIpc) is 3.01. The first-order valence-corrected chi connectivity index (χ1v) is 9.11.